The molecule has 23 heavy (non-hydrogen) atoms. The van der Waals surface area contributed by atoms with Gasteiger partial charge in [0.15, 0.2) is 12.4 Å². The summed E-state index contributed by atoms with van der Waals surface area (Å²) >= 11 is 5.78. The number of carbonyl (C=O) groups excluding carboxylic acids is 3. The lowest BCUT2D eigenvalue weighted by Gasteiger charge is -2.07. The summed E-state index contributed by atoms with van der Waals surface area (Å²) in [6, 6.07) is 12.8. The maximum absolute atomic E-state index is 11.8. The highest BCUT2D eigenvalue weighted by Crippen LogP contribution is 2.13. The van der Waals surface area contributed by atoms with Crippen LogP contribution in [0.15, 0.2) is 48.5 Å². The molecule has 0 spiro atoms. The highest BCUT2D eigenvalue weighted by molar-refractivity contribution is 6.30. The van der Waals surface area contributed by atoms with Gasteiger partial charge < -0.3 is 10.1 Å². The van der Waals surface area contributed by atoms with Crippen molar-refractivity contribution in [3.05, 3.63) is 64.7 Å². The number of halogens is 1. The number of ketones is 1. The Kier molecular flexibility index (Phi) is 5.49. The Bertz CT molecular complexity index is 758. The summed E-state index contributed by atoms with van der Waals surface area (Å²) in [4.78, 5) is 34.9. The molecule has 0 radical (unpaired) electrons. The minimum atomic E-state index is -0.639. The van der Waals surface area contributed by atoms with Crippen LogP contribution in [-0.2, 0) is 9.53 Å². The first-order chi connectivity index (χ1) is 11.0. The summed E-state index contributed by atoms with van der Waals surface area (Å²) in [7, 11) is 0. The lowest BCUT2D eigenvalue weighted by Crippen LogP contribution is -2.21. The third-order valence-corrected chi connectivity index (χ3v) is 3.18. The highest BCUT2D eigenvalue weighted by Gasteiger charge is 2.11. The maximum Gasteiger partial charge on any atom is 0.338 e. The third kappa shape index (κ3) is 4.93. The number of rotatable bonds is 5. The van der Waals surface area contributed by atoms with Crippen LogP contribution in [0.1, 0.15) is 27.6 Å². The molecule has 0 unspecified atom stereocenters. The van der Waals surface area contributed by atoms with Gasteiger partial charge in [-0.05, 0) is 37.3 Å². The number of Topliss-reactive ketones (excluding diaryl/α,β-unsaturated/α-hetero) is 1. The second-order valence-corrected chi connectivity index (χ2v) is 5.21. The molecule has 1 N–H and O–H groups in total. The molecule has 2 rings (SSSR count). The van der Waals surface area contributed by atoms with E-state index in [0.717, 1.165) is 0 Å². The molecule has 6 heteroatoms. The van der Waals surface area contributed by atoms with E-state index in [2.05, 4.69) is 5.32 Å². The van der Waals surface area contributed by atoms with E-state index < -0.39 is 18.5 Å². The fourth-order valence-electron chi connectivity index (χ4n) is 1.84. The molecule has 0 aromatic heterocycles. The van der Waals surface area contributed by atoms with Crippen LogP contribution in [-0.4, -0.2) is 24.3 Å². The van der Waals surface area contributed by atoms with E-state index in [1.807, 2.05) is 0 Å². The van der Waals surface area contributed by atoms with E-state index in [0.29, 0.717) is 16.3 Å². The van der Waals surface area contributed by atoms with Gasteiger partial charge in [-0.3, -0.25) is 9.59 Å². The van der Waals surface area contributed by atoms with Crippen LogP contribution in [0.4, 0.5) is 5.69 Å². The Balaban J connectivity index is 1.91. The molecule has 0 saturated heterocycles. The topological polar surface area (TPSA) is 72.5 Å². The summed E-state index contributed by atoms with van der Waals surface area (Å²) in [5.74, 6) is -1.24. The van der Waals surface area contributed by atoms with Crippen LogP contribution in [0.5, 0.6) is 0 Å². The van der Waals surface area contributed by atoms with Crippen molar-refractivity contribution in [1.29, 1.82) is 0 Å². The fourth-order valence-corrected chi connectivity index (χ4v) is 2.03. The highest BCUT2D eigenvalue weighted by atomic mass is 35.5. The quantitative estimate of drug-likeness (QED) is 0.673. The van der Waals surface area contributed by atoms with Crippen molar-refractivity contribution in [2.75, 3.05) is 11.9 Å². The average Bonchev–Trinajstić information content (AvgIpc) is 2.53. The summed E-state index contributed by atoms with van der Waals surface area (Å²) in [6.45, 7) is 1.00. The molecule has 0 saturated carbocycles. The number of hydrogen-bond acceptors (Lipinski definition) is 4. The smallest absolute Gasteiger partial charge is 0.338 e. The van der Waals surface area contributed by atoms with Crippen molar-refractivity contribution in [1.82, 2.24) is 0 Å². The van der Waals surface area contributed by atoms with Crippen LogP contribution < -0.4 is 5.32 Å². The zero-order valence-corrected chi connectivity index (χ0v) is 13.1. The van der Waals surface area contributed by atoms with E-state index in [9.17, 15) is 14.4 Å². The Morgan fingerprint density at radius 3 is 2.43 bits per heavy atom. The van der Waals surface area contributed by atoms with Gasteiger partial charge in [0, 0.05) is 16.3 Å². The number of nitrogens with one attached hydrogen (secondary N) is 1. The molecule has 0 aliphatic rings. The van der Waals surface area contributed by atoms with Gasteiger partial charge in [-0.1, -0.05) is 29.8 Å². The minimum Gasteiger partial charge on any atom is -0.452 e. The van der Waals surface area contributed by atoms with Crippen molar-refractivity contribution in [2.24, 2.45) is 0 Å². The lowest BCUT2D eigenvalue weighted by atomic mass is 10.1. The van der Waals surface area contributed by atoms with E-state index in [4.69, 9.17) is 16.3 Å². The minimum absolute atomic E-state index is 0.103. The zero-order valence-electron chi connectivity index (χ0n) is 12.3. The molecule has 2 aromatic rings. The van der Waals surface area contributed by atoms with Gasteiger partial charge in [0.2, 0.25) is 0 Å². The number of esters is 1. The standard InChI is InChI=1S/C17H14ClNO4/c1-11(20)12-4-3-7-15(9-12)19-16(21)10-23-17(22)13-5-2-6-14(18)8-13/h2-9H,10H2,1H3,(H,19,21). The number of amides is 1. The average molecular weight is 332 g/mol. The van der Waals surface area contributed by atoms with Gasteiger partial charge >= 0.3 is 5.97 Å². The first-order valence-corrected chi connectivity index (χ1v) is 7.17. The number of hydrogen-bond donors (Lipinski definition) is 1. The monoisotopic (exact) mass is 331 g/mol. The fraction of sp³-hybridized carbons (Fsp3) is 0.118. The van der Waals surface area contributed by atoms with Crippen molar-refractivity contribution in [2.45, 2.75) is 6.92 Å². The van der Waals surface area contributed by atoms with Gasteiger partial charge in [0.1, 0.15) is 0 Å². The maximum atomic E-state index is 11.8. The zero-order chi connectivity index (χ0) is 16.8. The van der Waals surface area contributed by atoms with Crippen molar-refractivity contribution < 1.29 is 19.1 Å². The first-order valence-electron chi connectivity index (χ1n) is 6.79. The van der Waals surface area contributed by atoms with E-state index in [1.165, 1.54) is 13.0 Å². The number of carbonyl (C=O) groups is 3. The van der Waals surface area contributed by atoms with Crippen LogP contribution in [0.3, 0.4) is 0 Å². The molecule has 0 heterocycles. The normalized spacial score (nSPS) is 10.0. The molecule has 0 fully saturated rings. The molecule has 0 atom stereocenters. The number of ether oxygens (including phenoxy) is 1. The Labute approximate surface area is 138 Å². The molecule has 0 aliphatic carbocycles. The summed E-state index contributed by atoms with van der Waals surface area (Å²) in [6.07, 6.45) is 0. The molecule has 2 aromatic carbocycles. The number of anilines is 1. The molecule has 1 amide bonds. The first kappa shape index (κ1) is 16.7. The molecule has 0 bridgehead atoms. The van der Waals surface area contributed by atoms with E-state index >= 15 is 0 Å². The molecular weight excluding hydrogens is 318 g/mol. The van der Waals surface area contributed by atoms with Gasteiger partial charge in [-0.25, -0.2) is 4.79 Å². The SMILES string of the molecule is CC(=O)c1cccc(NC(=O)COC(=O)c2cccc(Cl)c2)c1. The third-order valence-electron chi connectivity index (χ3n) is 2.95. The summed E-state index contributed by atoms with van der Waals surface area (Å²) in [5, 5.41) is 2.97. The lowest BCUT2D eigenvalue weighted by molar-refractivity contribution is -0.119. The molecule has 5 nitrogen and oxygen atoms in total. The predicted molar refractivity (Wildman–Crippen MR) is 86.8 cm³/mol. The van der Waals surface area contributed by atoms with Crippen molar-refractivity contribution in [3.63, 3.8) is 0 Å². The summed E-state index contributed by atoms with van der Waals surface area (Å²) < 4.78 is 4.92. The van der Waals surface area contributed by atoms with E-state index in [-0.39, 0.29) is 11.3 Å². The molecule has 0 aliphatic heterocycles. The van der Waals surface area contributed by atoms with Gasteiger partial charge in [-0.2, -0.15) is 0 Å². The van der Waals surface area contributed by atoms with E-state index in [1.54, 1.807) is 42.5 Å². The van der Waals surface area contributed by atoms with Gasteiger partial charge in [0.05, 0.1) is 5.56 Å². The largest absolute Gasteiger partial charge is 0.452 e. The van der Waals surface area contributed by atoms with Crippen LogP contribution >= 0.6 is 11.6 Å². The Morgan fingerprint density at radius 1 is 1.04 bits per heavy atom. The van der Waals surface area contributed by atoms with Crippen LogP contribution in [0.25, 0.3) is 0 Å². The Hall–Kier alpha value is -2.66. The predicted octanol–water partition coefficient (Wildman–Crippen LogP) is 3.34. The second-order valence-electron chi connectivity index (χ2n) is 4.77. The van der Waals surface area contributed by atoms with Gasteiger partial charge in [0.25, 0.3) is 5.91 Å². The Morgan fingerprint density at radius 2 is 1.74 bits per heavy atom. The molecule has 118 valence electrons. The van der Waals surface area contributed by atoms with Crippen LogP contribution in [0, 0.1) is 0 Å². The van der Waals surface area contributed by atoms with Crippen molar-refractivity contribution in [3.8, 4) is 0 Å². The van der Waals surface area contributed by atoms with Crippen LogP contribution in [0.2, 0.25) is 5.02 Å². The van der Waals surface area contributed by atoms with Crippen molar-refractivity contribution >= 4 is 34.9 Å². The molecular formula is C17H14ClNO4. The van der Waals surface area contributed by atoms with Gasteiger partial charge in [-0.15, -0.1) is 0 Å². The number of benzene rings is 2. The summed E-state index contributed by atoms with van der Waals surface area (Å²) in [5.41, 5.74) is 1.21. The second kappa shape index (κ2) is 7.56.